The summed E-state index contributed by atoms with van der Waals surface area (Å²) in [6.45, 7) is -0.446. The van der Waals surface area contributed by atoms with Gasteiger partial charge in [-0.1, -0.05) is 0 Å². The van der Waals surface area contributed by atoms with Gasteiger partial charge in [0.05, 0.1) is 6.26 Å². The fourth-order valence-corrected chi connectivity index (χ4v) is 2.57. The lowest BCUT2D eigenvalue weighted by molar-refractivity contribution is -0.135. The highest BCUT2D eigenvalue weighted by molar-refractivity contribution is 5.96. The quantitative estimate of drug-likeness (QED) is 0.284. The molecule has 0 aliphatic heterocycles. The van der Waals surface area contributed by atoms with E-state index in [-0.39, 0.29) is 11.9 Å². The smallest absolute Gasteiger partial charge is 0.322 e. The summed E-state index contributed by atoms with van der Waals surface area (Å²) >= 11 is 0. The van der Waals surface area contributed by atoms with Crippen molar-refractivity contribution in [3.63, 3.8) is 0 Å². The summed E-state index contributed by atoms with van der Waals surface area (Å²) in [4.78, 5) is 34.8. The van der Waals surface area contributed by atoms with Crippen LogP contribution in [0, 0.1) is 0 Å². The molecule has 4 aromatic rings. The van der Waals surface area contributed by atoms with Crippen LogP contribution in [0.5, 0.6) is 0 Å². The summed E-state index contributed by atoms with van der Waals surface area (Å²) in [6.07, 6.45) is 2.91. The minimum absolute atomic E-state index is 0.277. The average molecular weight is 420 g/mol. The number of rotatable bonds is 8. The molecule has 1 aromatic carbocycles. The second kappa shape index (κ2) is 8.73. The van der Waals surface area contributed by atoms with E-state index in [4.69, 9.17) is 9.52 Å². The van der Waals surface area contributed by atoms with Crippen LogP contribution in [0.15, 0.2) is 59.5 Å². The van der Waals surface area contributed by atoms with Crippen LogP contribution >= 0.6 is 0 Å². The lowest BCUT2D eigenvalue weighted by Gasteiger charge is -2.07. The zero-order valence-electron chi connectivity index (χ0n) is 15.9. The van der Waals surface area contributed by atoms with Gasteiger partial charge >= 0.3 is 5.97 Å². The minimum atomic E-state index is -1.11. The maximum absolute atomic E-state index is 11.9. The van der Waals surface area contributed by atoms with Crippen LogP contribution in [0.25, 0.3) is 11.5 Å². The van der Waals surface area contributed by atoms with Crippen LogP contribution in [-0.4, -0.2) is 48.7 Å². The number of carboxylic acid groups (broad SMARTS) is 1. The number of nitrogens with zero attached hydrogens (tertiary/aromatic N) is 4. The number of carboxylic acids is 1. The number of nitrogens with one attached hydrogen (secondary N) is 4. The molecule has 0 aliphatic rings. The number of hydrogen-bond donors (Lipinski definition) is 5. The average Bonchev–Trinajstić information content (AvgIpc) is 3.45. The number of furan rings is 1. The number of benzene rings is 1. The molecule has 1 amide bonds. The van der Waals surface area contributed by atoms with E-state index in [2.05, 4.69) is 41.1 Å². The molecule has 31 heavy (non-hydrogen) atoms. The number of aromatic nitrogens is 5. The number of anilines is 4. The van der Waals surface area contributed by atoms with Gasteiger partial charge in [0.15, 0.2) is 11.6 Å². The van der Waals surface area contributed by atoms with Gasteiger partial charge in [-0.15, -0.1) is 0 Å². The largest absolute Gasteiger partial charge is 0.480 e. The molecular weight excluding hydrogens is 404 g/mol. The Morgan fingerprint density at radius 1 is 1.06 bits per heavy atom. The molecule has 0 radical (unpaired) electrons. The van der Waals surface area contributed by atoms with Crippen molar-refractivity contribution in [3.8, 4) is 11.5 Å². The van der Waals surface area contributed by atoms with Gasteiger partial charge < -0.3 is 25.5 Å². The van der Waals surface area contributed by atoms with Crippen LogP contribution in [-0.2, 0) is 4.79 Å². The Hall–Kier alpha value is -4.74. The number of carbonyl (C=O) groups excluding carboxylic acids is 1. The topological polar surface area (TPSA) is 171 Å². The zero-order valence-corrected chi connectivity index (χ0v) is 15.9. The third kappa shape index (κ3) is 5.00. The summed E-state index contributed by atoms with van der Waals surface area (Å²) < 4.78 is 5.31. The fourth-order valence-electron chi connectivity index (χ4n) is 2.57. The maximum Gasteiger partial charge on any atom is 0.322 e. The van der Waals surface area contributed by atoms with Gasteiger partial charge in [-0.05, 0) is 36.4 Å². The van der Waals surface area contributed by atoms with E-state index < -0.39 is 18.4 Å². The monoisotopic (exact) mass is 420 g/mol. The molecule has 156 valence electrons. The van der Waals surface area contributed by atoms with Gasteiger partial charge in [0, 0.05) is 17.3 Å². The molecular formula is C19H16N8O4. The number of H-pyrrole nitrogens is 1. The summed E-state index contributed by atoms with van der Waals surface area (Å²) in [5, 5.41) is 23.9. The Kier molecular flexibility index (Phi) is 5.51. The van der Waals surface area contributed by atoms with E-state index in [1.54, 1.807) is 42.7 Å². The standard InChI is InChI=1S/C19H16N8O4/c28-16(29)9-20-17(30)11-3-5-12(6-4-11)23-18-21-10-22-19(25-18)24-15-8-13(26-27-15)14-2-1-7-31-14/h1-8,10H,9H2,(H,20,30)(H,28,29)(H3,21,22,23,24,25,26,27). The first-order valence-corrected chi connectivity index (χ1v) is 8.99. The predicted octanol–water partition coefficient (Wildman–Crippen LogP) is 2.16. The molecule has 0 saturated heterocycles. The van der Waals surface area contributed by atoms with E-state index in [1.807, 2.05) is 6.07 Å². The lowest BCUT2D eigenvalue weighted by atomic mass is 10.2. The highest BCUT2D eigenvalue weighted by atomic mass is 16.4. The number of amides is 1. The second-order valence-corrected chi connectivity index (χ2v) is 6.18. The highest BCUT2D eigenvalue weighted by Gasteiger charge is 2.09. The van der Waals surface area contributed by atoms with Crippen LogP contribution < -0.4 is 16.0 Å². The summed E-state index contributed by atoms with van der Waals surface area (Å²) in [6, 6.07) is 11.8. The van der Waals surface area contributed by atoms with E-state index in [1.165, 1.54) is 6.33 Å². The van der Waals surface area contributed by atoms with Crippen LogP contribution in [0.2, 0.25) is 0 Å². The van der Waals surface area contributed by atoms with Gasteiger partial charge in [0.1, 0.15) is 18.6 Å². The normalized spacial score (nSPS) is 10.5. The van der Waals surface area contributed by atoms with E-state index in [0.717, 1.165) is 0 Å². The molecule has 0 atom stereocenters. The Labute approximate surface area is 174 Å². The van der Waals surface area contributed by atoms with Gasteiger partial charge in [0.2, 0.25) is 11.9 Å². The molecule has 3 aromatic heterocycles. The molecule has 0 spiro atoms. The number of hydrogen-bond acceptors (Lipinski definition) is 9. The predicted molar refractivity (Wildman–Crippen MR) is 109 cm³/mol. The summed E-state index contributed by atoms with van der Waals surface area (Å²) in [5.41, 5.74) is 1.66. The molecule has 0 aliphatic carbocycles. The SMILES string of the molecule is O=C(O)CNC(=O)c1ccc(Nc2ncnc(Nc3cc(-c4ccco4)[nH]n3)n2)cc1. The molecule has 0 bridgehead atoms. The summed E-state index contributed by atoms with van der Waals surface area (Å²) in [7, 11) is 0. The second-order valence-electron chi connectivity index (χ2n) is 6.18. The van der Waals surface area contributed by atoms with Crippen molar-refractivity contribution in [1.82, 2.24) is 30.5 Å². The molecule has 4 rings (SSSR count). The van der Waals surface area contributed by atoms with Gasteiger partial charge in [-0.3, -0.25) is 14.7 Å². The molecule has 0 saturated carbocycles. The van der Waals surface area contributed by atoms with Crippen molar-refractivity contribution in [3.05, 3.63) is 60.6 Å². The Balaban J connectivity index is 1.39. The minimum Gasteiger partial charge on any atom is -0.480 e. The first-order chi connectivity index (χ1) is 15.1. The highest BCUT2D eigenvalue weighted by Crippen LogP contribution is 2.21. The molecule has 0 fully saturated rings. The van der Waals surface area contributed by atoms with E-state index >= 15 is 0 Å². The van der Waals surface area contributed by atoms with Crippen molar-refractivity contribution < 1.29 is 19.1 Å². The third-order valence-corrected chi connectivity index (χ3v) is 3.98. The third-order valence-electron chi connectivity index (χ3n) is 3.98. The Bertz CT molecular complexity index is 1190. The van der Waals surface area contributed by atoms with Crippen molar-refractivity contribution in [2.45, 2.75) is 0 Å². The number of aliphatic carboxylic acids is 1. The van der Waals surface area contributed by atoms with Crippen molar-refractivity contribution in [2.24, 2.45) is 0 Å². The summed E-state index contributed by atoms with van der Waals surface area (Å²) in [5.74, 6) is 0.118. The van der Waals surface area contributed by atoms with E-state index in [9.17, 15) is 9.59 Å². The van der Waals surface area contributed by atoms with E-state index in [0.29, 0.717) is 28.5 Å². The Morgan fingerprint density at radius 2 is 1.84 bits per heavy atom. The van der Waals surface area contributed by atoms with Crippen LogP contribution in [0.1, 0.15) is 10.4 Å². The molecule has 12 heteroatoms. The first-order valence-electron chi connectivity index (χ1n) is 8.99. The number of aromatic amines is 1. The van der Waals surface area contributed by atoms with Crippen molar-refractivity contribution in [2.75, 3.05) is 17.2 Å². The van der Waals surface area contributed by atoms with Gasteiger partial charge in [0.25, 0.3) is 5.91 Å². The first kappa shape index (κ1) is 19.6. The van der Waals surface area contributed by atoms with Crippen molar-refractivity contribution in [1.29, 1.82) is 0 Å². The van der Waals surface area contributed by atoms with Crippen LogP contribution in [0.4, 0.5) is 23.4 Å². The van der Waals surface area contributed by atoms with Gasteiger partial charge in [-0.2, -0.15) is 10.1 Å². The van der Waals surface area contributed by atoms with Gasteiger partial charge in [-0.25, -0.2) is 9.97 Å². The molecule has 5 N–H and O–H groups in total. The fraction of sp³-hybridized carbons (Fsp3) is 0.0526. The molecule has 0 unspecified atom stereocenters. The Morgan fingerprint density at radius 3 is 2.55 bits per heavy atom. The maximum atomic E-state index is 11.9. The molecule has 12 nitrogen and oxygen atoms in total. The lowest BCUT2D eigenvalue weighted by Crippen LogP contribution is -2.29. The molecule has 3 heterocycles. The zero-order chi connectivity index (χ0) is 21.6. The van der Waals surface area contributed by atoms with Crippen molar-refractivity contribution >= 4 is 35.3 Å². The van der Waals surface area contributed by atoms with Crippen LogP contribution in [0.3, 0.4) is 0 Å². The number of carbonyl (C=O) groups is 2.